The largest absolute Gasteiger partial charge is 0.372 e. The first-order valence-electron chi connectivity index (χ1n) is 4.92. The van der Waals surface area contributed by atoms with E-state index in [1.807, 2.05) is 13.8 Å². The molecule has 0 aliphatic carbocycles. The van der Waals surface area contributed by atoms with Crippen molar-refractivity contribution in [1.29, 1.82) is 0 Å². The highest BCUT2D eigenvalue weighted by Gasteiger charge is 2.25. The van der Waals surface area contributed by atoms with Gasteiger partial charge in [0, 0.05) is 19.6 Å². The van der Waals surface area contributed by atoms with Crippen LogP contribution in [0.3, 0.4) is 0 Å². The van der Waals surface area contributed by atoms with Crippen molar-refractivity contribution in [2.75, 3.05) is 19.6 Å². The maximum atomic E-state index is 11.6. The molecular formula is C10H18N2O2. The van der Waals surface area contributed by atoms with E-state index in [9.17, 15) is 4.79 Å². The summed E-state index contributed by atoms with van der Waals surface area (Å²) in [5.74, 6) is 0. The van der Waals surface area contributed by atoms with E-state index >= 15 is 0 Å². The van der Waals surface area contributed by atoms with Crippen molar-refractivity contribution in [3.05, 3.63) is 12.7 Å². The molecule has 1 fully saturated rings. The van der Waals surface area contributed by atoms with Crippen LogP contribution in [-0.2, 0) is 4.74 Å². The van der Waals surface area contributed by atoms with E-state index in [0.717, 1.165) is 0 Å². The van der Waals surface area contributed by atoms with Gasteiger partial charge in [0.2, 0.25) is 0 Å². The highest BCUT2D eigenvalue weighted by atomic mass is 16.5. The lowest BCUT2D eigenvalue weighted by atomic mass is 10.2. The van der Waals surface area contributed by atoms with Crippen LogP contribution in [-0.4, -0.2) is 42.8 Å². The molecule has 2 atom stereocenters. The van der Waals surface area contributed by atoms with Gasteiger partial charge < -0.3 is 15.0 Å². The van der Waals surface area contributed by atoms with E-state index in [1.54, 1.807) is 11.0 Å². The number of rotatable bonds is 2. The molecule has 0 aromatic heterocycles. The summed E-state index contributed by atoms with van der Waals surface area (Å²) in [6.45, 7) is 9.33. The zero-order valence-electron chi connectivity index (χ0n) is 8.82. The molecule has 1 saturated heterocycles. The lowest BCUT2D eigenvalue weighted by molar-refractivity contribution is -0.0544. The van der Waals surface area contributed by atoms with Gasteiger partial charge >= 0.3 is 6.03 Å². The fourth-order valence-corrected chi connectivity index (χ4v) is 1.61. The van der Waals surface area contributed by atoms with Gasteiger partial charge in [0.1, 0.15) is 0 Å². The molecule has 1 heterocycles. The van der Waals surface area contributed by atoms with E-state index < -0.39 is 0 Å². The molecule has 0 spiro atoms. The van der Waals surface area contributed by atoms with Crippen LogP contribution in [0.5, 0.6) is 0 Å². The molecular weight excluding hydrogens is 180 g/mol. The van der Waals surface area contributed by atoms with Gasteiger partial charge in [-0.25, -0.2) is 4.79 Å². The smallest absolute Gasteiger partial charge is 0.317 e. The highest BCUT2D eigenvalue weighted by molar-refractivity contribution is 5.74. The molecule has 0 saturated carbocycles. The summed E-state index contributed by atoms with van der Waals surface area (Å²) in [7, 11) is 0. The normalized spacial score (nSPS) is 27.1. The number of morpholine rings is 1. The monoisotopic (exact) mass is 198 g/mol. The summed E-state index contributed by atoms with van der Waals surface area (Å²) in [5.41, 5.74) is 0. The number of amides is 2. The second-order valence-corrected chi connectivity index (χ2v) is 3.64. The van der Waals surface area contributed by atoms with Gasteiger partial charge in [0.05, 0.1) is 12.2 Å². The molecule has 1 rings (SSSR count). The molecule has 1 aliphatic rings. The minimum absolute atomic E-state index is 0.0353. The molecule has 0 bridgehead atoms. The van der Waals surface area contributed by atoms with Crippen LogP contribution >= 0.6 is 0 Å². The minimum Gasteiger partial charge on any atom is -0.372 e. The highest BCUT2D eigenvalue weighted by Crippen LogP contribution is 2.10. The van der Waals surface area contributed by atoms with Gasteiger partial charge in [0.25, 0.3) is 0 Å². The average molecular weight is 198 g/mol. The fourth-order valence-electron chi connectivity index (χ4n) is 1.61. The third-order valence-electron chi connectivity index (χ3n) is 2.10. The van der Waals surface area contributed by atoms with Gasteiger partial charge in [-0.3, -0.25) is 0 Å². The Labute approximate surface area is 84.9 Å². The van der Waals surface area contributed by atoms with Gasteiger partial charge in [-0.05, 0) is 13.8 Å². The Kier molecular flexibility index (Phi) is 3.95. The van der Waals surface area contributed by atoms with Crippen LogP contribution < -0.4 is 5.32 Å². The Balaban J connectivity index is 2.42. The zero-order valence-corrected chi connectivity index (χ0v) is 8.82. The SMILES string of the molecule is C=CCNC(=O)N1C[C@@H](C)O[C@H](C)C1. The Hall–Kier alpha value is -1.03. The number of carbonyl (C=O) groups excluding carboxylic acids is 1. The molecule has 0 aromatic carbocycles. The van der Waals surface area contributed by atoms with Crippen molar-refractivity contribution in [3.63, 3.8) is 0 Å². The van der Waals surface area contributed by atoms with Gasteiger partial charge in [0.15, 0.2) is 0 Å². The average Bonchev–Trinajstić information content (AvgIpc) is 2.12. The van der Waals surface area contributed by atoms with E-state index in [2.05, 4.69) is 11.9 Å². The molecule has 4 heteroatoms. The van der Waals surface area contributed by atoms with E-state index in [-0.39, 0.29) is 18.2 Å². The van der Waals surface area contributed by atoms with E-state index in [0.29, 0.717) is 19.6 Å². The number of nitrogens with one attached hydrogen (secondary N) is 1. The molecule has 1 aliphatic heterocycles. The zero-order chi connectivity index (χ0) is 10.6. The van der Waals surface area contributed by atoms with Crippen LogP contribution in [0.25, 0.3) is 0 Å². The second kappa shape index (κ2) is 5.00. The number of carbonyl (C=O) groups is 1. The first-order chi connectivity index (χ1) is 6.63. The Morgan fingerprint density at radius 3 is 2.64 bits per heavy atom. The summed E-state index contributed by atoms with van der Waals surface area (Å²) in [6.07, 6.45) is 1.91. The van der Waals surface area contributed by atoms with Gasteiger partial charge in [-0.2, -0.15) is 0 Å². The number of hydrogen-bond acceptors (Lipinski definition) is 2. The van der Waals surface area contributed by atoms with E-state index in [1.165, 1.54) is 0 Å². The van der Waals surface area contributed by atoms with Crippen LogP contribution in [0, 0.1) is 0 Å². The predicted octanol–water partition coefficient (Wildman–Crippen LogP) is 0.991. The summed E-state index contributed by atoms with van der Waals surface area (Å²) in [4.78, 5) is 13.3. The summed E-state index contributed by atoms with van der Waals surface area (Å²) in [5, 5.41) is 2.76. The summed E-state index contributed by atoms with van der Waals surface area (Å²) < 4.78 is 5.53. The van der Waals surface area contributed by atoms with Crippen molar-refractivity contribution in [2.45, 2.75) is 26.1 Å². The maximum absolute atomic E-state index is 11.6. The lowest BCUT2D eigenvalue weighted by Gasteiger charge is -2.35. The standard InChI is InChI=1S/C10H18N2O2/c1-4-5-11-10(13)12-6-8(2)14-9(3)7-12/h4,8-9H,1,5-7H2,2-3H3,(H,11,13)/t8-,9-/m1/s1. The van der Waals surface area contributed by atoms with Crippen molar-refractivity contribution < 1.29 is 9.53 Å². The first kappa shape index (κ1) is 11.0. The number of nitrogens with zero attached hydrogens (tertiary/aromatic N) is 1. The van der Waals surface area contributed by atoms with Crippen molar-refractivity contribution in [3.8, 4) is 0 Å². The molecule has 0 aromatic rings. The molecule has 80 valence electrons. The third kappa shape index (κ3) is 3.03. The minimum atomic E-state index is -0.0353. The third-order valence-corrected chi connectivity index (χ3v) is 2.10. The molecule has 1 N–H and O–H groups in total. The summed E-state index contributed by atoms with van der Waals surface area (Å²) in [6, 6.07) is -0.0353. The van der Waals surface area contributed by atoms with Crippen molar-refractivity contribution in [1.82, 2.24) is 10.2 Å². The fraction of sp³-hybridized carbons (Fsp3) is 0.700. The topological polar surface area (TPSA) is 41.6 Å². The number of ether oxygens (including phenoxy) is 1. The van der Waals surface area contributed by atoms with Crippen LogP contribution in [0.2, 0.25) is 0 Å². The quantitative estimate of drug-likeness (QED) is 0.672. The van der Waals surface area contributed by atoms with Crippen LogP contribution in [0.1, 0.15) is 13.8 Å². The maximum Gasteiger partial charge on any atom is 0.317 e. The van der Waals surface area contributed by atoms with Gasteiger partial charge in [-0.15, -0.1) is 6.58 Å². The van der Waals surface area contributed by atoms with Crippen molar-refractivity contribution >= 4 is 6.03 Å². The lowest BCUT2D eigenvalue weighted by Crippen LogP contribution is -2.51. The van der Waals surface area contributed by atoms with Crippen LogP contribution in [0.4, 0.5) is 4.79 Å². The van der Waals surface area contributed by atoms with E-state index in [4.69, 9.17) is 4.74 Å². The Morgan fingerprint density at radius 1 is 1.57 bits per heavy atom. The number of urea groups is 1. The molecule has 0 radical (unpaired) electrons. The molecule has 2 amide bonds. The second-order valence-electron chi connectivity index (χ2n) is 3.64. The summed E-state index contributed by atoms with van der Waals surface area (Å²) >= 11 is 0. The number of hydrogen-bond donors (Lipinski definition) is 1. The van der Waals surface area contributed by atoms with Crippen LogP contribution in [0.15, 0.2) is 12.7 Å². The Morgan fingerprint density at radius 2 is 2.14 bits per heavy atom. The van der Waals surface area contributed by atoms with Gasteiger partial charge in [-0.1, -0.05) is 6.08 Å². The first-order valence-corrected chi connectivity index (χ1v) is 4.92. The predicted molar refractivity (Wildman–Crippen MR) is 55.2 cm³/mol. The molecule has 4 nitrogen and oxygen atoms in total. The molecule has 14 heavy (non-hydrogen) atoms. The van der Waals surface area contributed by atoms with Crippen molar-refractivity contribution in [2.24, 2.45) is 0 Å². The molecule has 0 unspecified atom stereocenters. The Bertz CT molecular complexity index is 208.